The number of anilines is 1. The molecule has 162 valence electrons. The van der Waals surface area contributed by atoms with E-state index in [1.165, 1.54) is 23.1 Å². The van der Waals surface area contributed by atoms with Crippen LogP contribution in [0.15, 0.2) is 60.9 Å². The molecule has 32 heavy (non-hydrogen) atoms. The smallest absolute Gasteiger partial charge is 0.150 e. The summed E-state index contributed by atoms with van der Waals surface area (Å²) in [4.78, 5) is 9.36. The number of hydrogen-bond acceptors (Lipinski definition) is 4. The van der Waals surface area contributed by atoms with Gasteiger partial charge < -0.3 is 10.8 Å². The second-order valence-corrected chi connectivity index (χ2v) is 9.88. The van der Waals surface area contributed by atoms with Crippen molar-refractivity contribution in [2.75, 3.05) is 5.73 Å². The minimum Gasteiger partial charge on any atom is -0.390 e. The molecular weight excluding hydrogens is 396 g/mol. The van der Waals surface area contributed by atoms with Crippen molar-refractivity contribution in [3.05, 3.63) is 83.4 Å². The maximum atomic E-state index is 10.2. The highest BCUT2D eigenvalue weighted by Crippen LogP contribution is 2.55. The Kier molecular flexibility index (Phi) is 4.21. The number of nitrogen functional groups attached to an aromatic ring is 1. The summed E-state index contributed by atoms with van der Waals surface area (Å²) < 4.78 is 2.06. The Hall–Kier alpha value is -3.18. The predicted octanol–water partition coefficient (Wildman–Crippen LogP) is 5.19. The fourth-order valence-electron chi connectivity index (χ4n) is 5.61. The molecule has 5 nitrogen and oxygen atoms in total. The summed E-state index contributed by atoms with van der Waals surface area (Å²) >= 11 is 0. The van der Waals surface area contributed by atoms with E-state index >= 15 is 0 Å². The monoisotopic (exact) mass is 424 g/mol. The first-order valence-corrected chi connectivity index (χ1v) is 11.4. The van der Waals surface area contributed by atoms with Gasteiger partial charge in [0, 0.05) is 23.9 Å². The van der Waals surface area contributed by atoms with E-state index in [1.54, 1.807) is 6.20 Å². The summed E-state index contributed by atoms with van der Waals surface area (Å²) in [6, 6.07) is 17.5. The van der Waals surface area contributed by atoms with Crippen molar-refractivity contribution < 1.29 is 5.11 Å². The lowest BCUT2D eigenvalue weighted by Gasteiger charge is -2.40. The van der Waals surface area contributed by atoms with Crippen molar-refractivity contribution in [3.8, 4) is 11.3 Å². The molecule has 5 heteroatoms. The van der Waals surface area contributed by atoms with Crippen LogP contribution in [-0.4, -0.2) is 25.1 Å². The number of nitrogens with two attached hydrogens (primary N) is 1. The third-order valence-corrected chi connectivity index (χ3v) is 7.31. The van der Waals surface area contributed by atoms with Gasteiger partial charge in [0.2, 0.25) is 0 Å². The number of rotatable bonds is 4. The molecule has 2 atom stereocenters. The Morgan fingerprint density at radius 2 is 1.88 bits per heavy atom. The van der Waals surface area contributed by atoms with E-state index in [1.807, 2.05) is 13.1 Å². The van der Waals surface area contributed by atoms with Crippen LogP contribution in [0.25, 0.3) is 16.8 Å². The van der Waals surface area contributed by atoms with E-state index < -0.39 is 5.60 Å². The minimum absolute atomic E-state index is 0.228. The van der Waals surface area contributed by atoms with Gasteiger partial charge in [-0.2, -0.15) is 0 Å². The summed E-state index contributed by atoms with van der Waals surface area (Å²) in [7, 11) is 0. The van der Waals surface area contributed by atoms with Crippen LogP contribution < -0.4 is 5.73 Å². The number of benzene rings is 2. The molecule has 1 unspecified atom stereocenters. The lowest BCUT2D eigenvalue weighted by atomic mass is 9.72. The van der Waals surface area contributed by atoms with E-state index in [4.69, 9.17) is 10.7 Å². The molecule has 4 aromatic rings. The number of aromatic nitrogens is 3. The highest BCUT2D eigenvalue weighted by molar-refractivity contribution is 5.85. The zero-order valence-corrected chi connectivity index (χ0v) is 18.5. The SMILES string of the molecule is Cc1cc(-c2nc(C3CC(C)(O)C3)n3ccnc(N)c23)ccc1C1C[C@H]1c1ccccc1. The van der Waals surface area contributed by atoms with Gasteiger partial charge in [-0.25, -0.2) is 9.97 Å². The quantitative estimate of drug-likeness (QED) is 0.473. The highest BCUT2D eigenvalue weighted by Gasteiger charge is 2.42. The van der Waals surface area contributed by atoms with Gasteiger partial charge in [0.05, 0.1) is 5.60 Å². The molecule has 0 radical (unpaired) electrons. The van der Waals surface area contributed by atoms with Gasteiger partial charge in [0.15, 0.2) is 0 Å². The number of imidazole rings is 1. The molecule has 0 bridgehead atoms. The lowest BCUT2D eigenvalue weighted by molar-refractivity contribution is -0.0335. The van der Waals surface area contributed by atoms with E-state index in [0.29, 0.717) is 30.5 Å². The standard InChI is InChI=1S/C27H28N4O/c1-16-12-18(8-9-20(16)22-13-21(22)17-6-4-3-5-7-17)23-24-25(28)29-10-11-31(24)26(30-23)19-14-27(2,32)15-19/h3-12,19,21-22,32H,13-15H2,1-2H3,(H2,28,29)/t19?,21-,22?,27?/m0/s1. The van der Waals surface area contributed by atoms with Crippen molar-refractivity contribution in [3.63, 3.8) is 0 Å². The van der Waals surface area contributed by atoms with Gasteiger partial charge in [0.25, 0.3) is 0 Å². The molecule has 0 saturated heterocycles. The maximum Gasteiger partial charge on any atom is 0.150 e. The molecule has 0 aliphatic heterocycles. The van der Waals surface area contributed by atoms with Crippen molar-refractivity contribution in [1.29, 1.82) is 0 Å². The number of hydrogen-bond donors (Lipinski definition) is 2. The first kappa shape index (κ1) is 19.5. The first-order chi connectivity index (χ1) is 15.4. The fraction of sp³-hybridized carbons (Fsp3) is 0.333. The van der Waals surface area contributed by atoms with Crippen LogP contribution in [0.3, 0.4) is 0 Å². The summed E-state index contributed by atoms with van der Waals surface area (Å²) in [5.74, 6) is 2.88. The molecule has 2 aromatic heterocycles. The summed E-state index contributed by atoms with van der Waals surface area (Å²) in [6.07, 6.45) is 6.29. The fourth-order valence-corrected chi connectivity index (χ4v) is 5.61. The minimum atomic E-state index is -0.604. The molecule has 0 amide bonds. The second kappa shape index (κ2) is 6.91. The van der Waals surface area contributed by atoms with Crippen molar-refractivity contribution in [1.82, 2.24) is 14.4 Å². The zero-order valence-electron chi connectivity index (χ0n) is 18.5. The molecule has 2 saturated carbocycles. The molecule has 2 aromatic carbocycles. The Balaban J connectivity index is 1.37. The van der Waals surface area contributed by atoms with Gasteiger partial charge in [-0.05, 0) is 67.7 Å². The van der Waals surface area contributed by atoms with E-state index in [9.17, 15) is 5.11 Å². The second-order valence-electron chi connectivity index (χ2n) is 9.88. The highest BCUT2D eigenvalue weighted by atomic mass is 16.3. The van der Waals surface area contributed by atoms with Gasteiger partial charge in [-0.15, -0.1) is 0 Å². The molecule has 2 aliphatic rings. The molecule has 2 fully saturated rings. The lowest BCUT2D eigenvalue weighted by Crippen LogP contribution is -2.40. The van der Waals surface area contributed by atoms with Crippen molar-refractivity contribution in [2.24, 2.45) is 0 Å². The predicted molar refractivity (Wildman–Crippen MR) is 127 cm³/mol. The molecule has 2 aliphatic carbocycles. The Morgan fingerprint density at radius 3 is 2.59 bits per heavy atom. The average Bonchev–Trinajstić information content (AvgIpc) is 3.45. The normalized spacial score (nSPS) is 26.8. The summed E-state index contributed by atoms with van der Waals surface area (Å²) in [5.41, 5.74) is 12.7. The van der Waals surface area contributed by atoms with Crippen LogP contribution in [0.2, 0.25) is 0 Å². The Morgan fingerprint density at radius 1 is 1.09 bits per heavy atom. The average molecular weight is 425 g/mol. The molecule has 6 rings (SSSR count). The van der Waals surface area contributed by atoms with Gasteiger partial charge in [-0.1, -0.05) is 42.5 Å². The van der Waals surface area contributed by atoms with Gasteiger partial charge in [-0.3, -0.25) is 4.40 Å². The number of aryl methyl sites for hydroxylation is 1. The van der Waals surface area contributed by atoms with Crippen LogP contribution in [0, 0.1) is 6.92 Å². The molecule has 2 heterocycles. The van der Waals surface area contributed by atoms with E-state index in [2.05, 4.69) is 64.8 Å². The van der Waals surface area contributed by atoms with E-state index in [0.717, 1.165) is 22.6 Å². The Bertz CT molecular complexity index is 1320. The number of fused-ring (bicyclic) bond motifs is 1. The number of nitrogens with zero attached hydrogens (tertiary/aromatic N) is 3. The molecule has 0 spiro atoms. The third kappa shape index (κ3) is 3.11. The van der Waals surface area contributed by atoms with Crippen LogP contribution in [0.5, 0.6) is 0 Å². The van der Waals surface area contributed by atoms with Crippen LogP contribution in [0.1, 0.15) is 66.5 Å². The summed E-state index contributed by atoms with van der Waals surface area (Å²) in [5, 5.41) is 10.2. The third-order valence-electron chi connectivity index (χ3n) is 7.31. The molecular formula is C27H28N4O. The van der Waals surface area contributed by atoms with E-state index in [-0.39, 0.29) is 5.92 Å². The van der Waals surface area contributed by atoms with Crippen LogP contribution in [0.4, 0.5) is 5.82 Å². The van der Waals surface area contributed by atoms with Gasteiger partial charge in [0.1, 0.15) is 22.9 Å². The van der Waals surface area contributed by atoms with Crippen molar-refractivity contribution >= 4 is 11.3 Å². The zero-order chi connectivity index (χ0) is 22.0. The maximum absolute atomic E-state index is 10.2. The molecule has 3 N–H and O–H groups in total. The first-order valence-electron chi connectivity index (χ1n) is 11.4. The topological polar surface area (TPSA) is 76.4 Å². The Labute approximate surface area is 188 Å². The largest absolute Gasteiger partial charge is 0.390 e. The van der Waals surface area contributed by atoms with Crippen LogP contribution >= 0.6 is 0 Å². The number of aliphatic hydroxyl groups is 1. The van der Waals surface area contributed by atoms with Gasteiger partial charge >= 0.3 is 0 Å². The van der Waals surface area contributed by atoms with Crippen LogP contribution in [-0.2, 0) is 0 Å². The summed E-state index contributed by atoms with van der Waals surface area (Å²) in [6.45, 7) is 4.09. The van der Waals surface area contributed by atoms with Crippen molar-refractivity contribution in [2.45, 2.75) is 56.5 Å².